The molecule has 2 amide bonds. The second kappa shape index (κ2) is 6.16. The van der Waals surface area contributed by atoms with Gasteiger partial charge in [-0.15, -0.1) is 0 Å². The zero-order chi connectivity index (χ0) is 19.4. The lowest BCUT2D eigenvalue weighted by Gasteiger charge is -2.17. The first-order valence-corrected chi connectivity index (χ1v) is 9.48. The number of fused-ring (bicyclic) bond motifs is 5. The molecule has 4 atom stereocenters. The number of benzene rings is 2. The van der Waals surface area contributed by atoms with Crippen LogP contribution >= 0.6 is 0 Å². The third kappa shape index (κ3) is 2.50. The third-order valence-corrected chi connectivity index (χ3v) is 6.06. The Labute approximate surface area is 162 Å². The number of nitrogens with zero attached hydrogens (tertiary/aromatic N) is 1. The molecule has 0 unspecified atom stereocenters. The monoisotopic (exact) mass is 373 g/mol. The quantitative estimate of drug-likeness (QED) is 0.357. The van der Waals surface area contributed by atoms with Gasteiger partial charge in [0.1, 0.15) is 5.75 Å². The number of carbonyl (C=O) groups is 3. The molecule has 28 heavy (non-hydrogen) atoms. The van der Waals surface area contributed by atoms with E-state index >= 15 is 0 Å². The van der Waals surface area contributed by atoms with Gasteiger partial charge in [-0.3, -0.25) is 14.5 Å². The van der Waals surface area contributed by atoms with Gasteiger partial charge < -0.3 is 4.74 Å². The Morgan fingerprint density at radius 1 is 0.893 bits per heavy atom. The first-order valence-electron chi connectivity index (χ1n) is 9.48. The van der Waals surface area contributed by atoms with Crippen LogP contribution in [-0.2, 0) is 9.59 Å². The maximum Gasteiger partial charge on any atom is 0.343 e. The number of carbonyl (C=O) groups excluding carboxylic acids is 3. The highest BCUT2D eigenvalue weighted by atomic mass is 16.5. The highest BCUT2D eigenvalue weighted by Gasteiger charge is 2.59. The van der Waals surface area contributed by atoms with Gasteiger partial charge in [0, 0.05) is 0 Å². The van der Waals surface area contributed by atoms with Crippen molar-refractivity contribution in [3.05, 3.63) is 71.8 Å². The molecule has 2 fully saturated rings. The van der Waals surface area contributed by atoms with E-state index in [0.717, 1.165) is 12.0 Å². The van der Waals surface area contributed by atoms with Crippen molar-refractivity contribution in [2.75, 3.05) is 4.90 Å². The Morgan fingerprint density at radius 2 is 1.46 bits per heavy atom. The number of anilines is 1. The van der Waals surface area contributed by atoms with Gasteiger partial charge in [0.15, 0.2) is 0 Å². The molecule has 0 N–H and O–H groups in total. The van der Waals surface area contributed by atoms with Gasteiger partial charge in [0.2, 0.25) is 11.8 Å². The Kier molecular flexibility index (Phi) is 3.72. The lowest BCUT2D eigenvalue weighted by molar-refractivity contribution is -0.123. The summed E-state index contributed by atoms with van der Waals surface area (Å²) < 4.78 is 5.37. The van der Waals surface area contributed by atoms with Gasteiger partial charge in [-0.05, 0) is 61.6 Å². The summed E-state index contributed by atoms with van der Waals surface area (Å²) in [5, 5.41) is 0. The van der Waals surface area contributed by atoms with Gasteiger partial charge in [-0.25, -0.2) is 4.79 Å². The van der Waals surface area contributed by atoms with Crippen LogP contribution in [0.2, 0.25) is 0 Å². The van der Waals surface area contributed by atoms with Gasteiger partial charge >= 0.3 is 5.97 Å². The molecule has 0 radical (unpaired) electrons. The van der Waals surface area contributed by atoms with Gasteiger partial charge in [0.25, 0.3) is 0 Å². The largest absolute Gasteiger partial charge is 0.423 e. The maximum absolute atomic E-state index is 12.9. The van der Waals surface area contributed by atoms with E-state index in [1.54, 1.807) is 36.4 Å². The van der Waals surface area contributed by atoms with E-state index in [1.807, 2.05) is 19.1 Å². The summed E-state index contributed by atoms with van der Waals surface area (Å²) in [6.45, 7) is 1.96. The van der Waals surface area contributed by atoms with E-state index < -0.39 is 5.97 Å². The predicted octanol–water partition coefficient (Wildman–Crippen LogP) is 3.53. The standard InChI is InChI=1S/C23H19NO4/c1-13-2-10-18(11-3-13)28-23(27)14-6-8-17(9-7-14)24-21(25)19-15-4-5-16(12-15)20(19)22(24)26/h2-11,15-16,19-20H,12H2,1H3/t15-,16-,19-,20-/m0/s1. The van der Waals surface area contributed by atoms with E-state index in [1.165, 1.54) is 4.90 Å². The molecule has 2 aliphatic carbocycles. The molecule has 5 nitrogen and oxygen atoms in total. The summed E-state index contributed by atoms with van der Waals surface area (Å²) >= 11 is 0. The summed E-state index contributed by atoms with van der Waals surface area (Å²) in [5.41, 5.74) is 1.96. The van der Waals surface area contributed by atoms with Crippen LogP contribution in [0.5, 0.6) is 5.75 Å². The smallest absolute Gasteiger partial charge is 0.343 e. The molecule has 2 bridgehead atoms. The van der Waals surface area contributed by atoms with E-state index in [9.17, 15) is 14.4 Å². The molecule has 1 saturated carbocycles. The second-order valence-corrected chi connectivity index (χ2v) is 7.76. The highest BCUT2D eigenvalue weighted by molar-refractivity contribution is 6.22. The van der Waals surface area contributed by atoms with Crippen molar-refractivity contribution in [3.63, 3.8) is 0 Å². The van der Waals surface area contributed by atoms with E-state index in [0.29, 0.717) is 17.0 Å². The average molecular weight is 373 g/mol. The number of rotatable bonds is 3. The van der Waals surface area contributed by atoms with Crippen LogP contribution in [0.3, 0.4) is 0 Å². The zero-order valence-corrected chi connectivity index (χ0v) is 15.4. The first kappa shape index (κ1) is 16.9. The minimum Gasteiger partial charge on any atom is -0.423 e. The summed E-state index contributed by atoms with van der Waals surface area (Å²) in [6.07, 6.45) is 5.06. The van der Waals surface area contributed by atoms with Crippen LogP contribution in [0.1, 0.15) is 22.3 Å². The molecule has 5 rings (SSSR count). The zero-order valence-electron chi connectivity index (χ0n) is 15.4. The third-order valence-electron chi connectivity index (χ3n) is 6.06. The Hall–Kier alpha value is -3.21. The minimum absolute atomic E-state index is 0.123. The van der Waals surface area contributed by atoms with Crippen molar-refractivity contribution in [3.8, 4) is 5.75 Å². The fraction of sp³-hybridized carbons (Fsp3) is 0.261. The summed E-state index contributed by atoms with van der Waals surface area (Å²) in [7, 11) is 0. The molecule has 2 aromatic rings. The summed E-state index contributed by atoms with van der Waals surface area (Å²) in [5.74, 6) is -0.347. The molecule has 1 saturated heterocycles. The number of allylic oxidation sites excluding steroid dienone is 2. The van der Waals surface area contributed by atoms with Crippen LogP contribution in [0.25, 0.3) is 0 Å². The van der Waals surface area contributed by atoms with Gasteiger partial charge in [-0.2, -0.15) is 0 Å². The van der Waals surface area contributed by atoms with Crippen molar-refractivity contribution >= 4 is 23.5 Å². The van der Waals surface area contributed by atoms with E-state index in [4.69, 9.17) is 4.74 Å². The summed E-state index contributed by atoms with van der Waals surface area (Å²) in [6, 6.07) is 13.7. The molecular formula is C23H19NO4. The molecule has 1 aliphatic heterocycles. The number of ether oxygens (including phenoxy) is 1. The van der Waals surface area contributed by atoms with Crippen LogP contribution in [0.4, 0.5) is 5.69 Å². The summed E-state index contributed by atoms with van der Waals surface area (Å²) in [4.78, 5) is 39.3. The number of esters is 1. The van der Waals surface area contributed by atoms with Crippen molar-refractivity contribution in [2.24, 2.45) is 23.7 Å². The Balaban J connectivity index is 1.34. The molecule has 3 aliphatic rings. The number of amides is 2. The topological polar surface area (TPSA) is 63.7 Å². The highest BCUT2D eigenvalue weighted by Crippen LogP contribution is 2.53. The van der Waals surface area contributed by atoms with Crippen molar-refractivity contribution in [1.82, 2.24) is 0 Å². The molecule has 2 aromatic carbocycles. The van der Waals surface area contributed by atoms with Gasteiger partial charge in [-0.1, -0.05) is 29.8 Å². The molecule has 0 spiro atoms. The van der Waals surface area contributed by atoms with Gasteiger partial charge in [0.05, 0.1) is 23.1 Å². The minimum atomic E-state index is -0.478. The van der Waals surface area contributed by atoms with E-state index in [-0.39, 0.29) is 35.5 Å². The van der Waals surface area contributed by atoms with E-state index in [2.05, 4.69) is 12.2 Å². The van der Waals surface area contributed by atoms with Crippen molar-refractivity contribution in [2.45, 2.75) is 13.3 Å². The number of hydrogen-bond acceptors (Lipinski definition) is 4. The second-order valence-electron chi connectivity index (χ2n) is 7.76. The Morgan fingerprint density at radius 3 is 2.04 bits per heavy atom. The maximum atomic E-state index is 12.9. The molecule has 1 heterocycles. The molecular weight excluding hydrogens is 354 g/mol. The normalized spacial score (nSPS) is 27.4. The Bertz CT molecular complexity index is 976. The lowest BCUT2D eigenvalue weighted by Crippen LogP contribution is -2.32. The van der Waals surface area contributed by atoms with Crippen molar-refractivity contribution in [1.29, 1.82) is 0 Å². The SMILES string of the molecule is Cc1ccc(OC(=O)c2ccc(N3C(=O)[C@@H]4[C@@H](C3=O)[C@H]3C=C[C@H]4C3)cc2)cc1. The predicted molar refractivity (Wildman–Crippen MR) is 103 cm³/mol. The average Bonchev–Trinajstić information content (AvgIpc) is 3.38. The van der Waals surface area contributed by atoms with Crippen LogP contribution in [0.15, 0.2) is 60.7 Å². The number of aryl methyl sites for hydroxylation is 1. The molecule has 5 heteroatoms. The lowest BCUT2D eigenvalue weighted by atomic mass is 9.85. The number of hydrogen-bond donors (Lipinski definition) is 0. The molecule has 0 aromatic heterocycles. The molecule has 140 valence electrons. The fourth-order valence-corrected chi connectivity index (χ4v) is 4.68. The van der Waals surface area contributed by atoms with Crippen LogP contribution in [0, 0.1) is 30.6 Å². The van der Waals surface area contributed by atoms with Crippen LogP contribution < -0.4 is 9.64 Å². The fourth-order valence-electron chi connectivity index (χ4n) is 4.68. The van der Waals surface area contributed by atoms with Crippen molar-refractivity contribution < 1.29 is 19.1 Å². The number of imide groups is 1. The first-order chi connectivity index (χ1) is 13.5. The van der Waals surface area contributed by atoms with Crippen LogP contribution in [-0.4, -0.2) is 17.8 Å².